The van der Waals surface area contributed by atoms with E-state index in [1.54, 1.807) is 0 Å². The van der Waals surface area contributed by atoms with E-state index in [1.807, 2.05) is 0 Å². The number of aliphatic hydroxyl groups excluding tert-OH is 2. The molecule has 4 heteroatoms. The van der Waals surface area contributed by atoms with E-state index in [9.17, 15) is 10.2 Å². The first-order valence-corrected chi connectivity index (χ1v) is 5.74. The van der Waals surface area contributed by atoms with Gasteiger partial charge in [-0.1, -0.05) is 19.8 Å². The molecule has 0 bridgehead atoms. The third-order valence-electron chi connectivity index (χ3n) is 2.63. The zero-order valence-electron chi connectivity index (χ0n) is 9.74. The Hall–Kier alpha value is -0.160. The Morgan fingerprint density at radius 1 is 1.20 bits per heavy atom. The van der Waals surface area contributed by atoms with Crippen molar-refractivity contribution in [2.75, 3.05) is 33.0 Å². The van der Waals surface area contributed by atoms with Gasteiger partial charge in [0.1, 0.15) is 0 Å². The smallest absolute Gasteiger partial charge is 0.0566 e. The molecule has 0 radical (unpaired) electrons. The molecule has 0 saturated heterocycles. The molecule has 0 spiro atoms. The molecule has 0 aliphatic heterocycles. The van der Waals surface area contributed by atoms with Crippen molar-refractivity contribution in [1.82, 2.24) is 0 Å². The van der Waals surface area contributed by atoms with E-state index in [1.165, 1.54) is 0 Å². The number of hydrogen-bond acceptors (Lipinski definition) is 4. The summed E-state index contributed by atoms with van der Waals surface area (Å²) in [7, 11) is 0. The standard InChI is InChI=1S/C11H25NO3/c1-2-3-5-11(8-13,9-14)10-15-7-4-6-12/h13-14H,2-10,12H2,1H3. The molecule has 92 valence electrons. The molecule has 0 aliphatic rings. The first-order chi connectivity index (χ1) is 7.24. The average molecular weight is 219 g/mol. The van der Waals surface area contributed by atoms with Crippen LogP contribution in [0.3, 0.4) is 0 Å². The largest absolute Gasteiger partial charge is 0.396 e. The Labute approximate surface area is 92.4 Å². The van der Waals surface area contributed by atoms with Crippen LogP contribution in [0.25, 0.3) is 0 Å². The Balaban J connectivity index is 3.88. The maximum absolute atomic E-state index is 9.30. The molecule has 0 amide bonds. The van der Waals surface area contributed by atoms with Crippen LogP contribution < -0.4 is 5.73 Å². The Morgan fingerprint density at radius 2 is 1.87 bits per heavy atom. The number of rotatable bonds is 10. The number of unbranched alkanes of at least 4 members (excludes halogenated alkanes) is 1. The van der Waals surface area contributed by atoms with E-state index < -0.39 is 5.41 Å². The fourth-order valence-electron chi connectivity index (χ4n) is 1.40. The lowest BCUT2D eigenvalue weighted by atomic mass is 9.85. The van der Waals surface area contributed by atoms with Crippen LogP contribution >= 0.6 is 0 Å². The van der Waals surface area contributed by atoms with Gasteiger partial charge in [0, 0.05) is 12.0 Å². The van der Waals surface area contributed by atoms with Crippen molar-refractivity contribution < 1.29 is 14.9 Å². The summed E-state index contributed by atoms with van der Waals surface area (Å²) in [4.78, 5) is 0. The lowest BCUT2D eigenvalue weighted by Gasteiger charge is -2.29. The van der Waals surface area contributed by atoms with E-state index in [-0.39, 0.29) is 13.2 Å². The molecule has 0 heterocycles. The van der Waals surface area contributed by atoms with Gasteiger partial charge in [0.05, 0.1) is 19.8 Å². The van der Waals surface area contributed by atoms with E-state index in [0.29, 0.717) is 19.8 Å². The van der Waals surface area contributed by atoms with Gasteiger partial charge >= 0.3 is 0 Å². The summed E-state index contributed by atoms with van der Waals surface area (Å²) in [5.41, 5.74) is 4.88. The van der Waals surface area contributed by atoms with Crippen molar-refractivity contribution >= 4 is 0 Å². The minimum absolute atomic E-state index is 0.0217. The Morgan fingerprint density at radius 3 is 2.33 bits per heavy atom. The fourth-order valence-corrected chi connectivity index (χ4v) is 1.40. The molecule has 0 saturated carbocycles. The van der Waals surface area contributed by atoms with Crippen LogP contribution in [-0.4, -0.2) is 43.2 Å². The molecule has 0 unspecified atom stereocenters. The summed E-state index contributed by atoms with van der Waals surface area (Å²) < 4.78 is 5.42. The zero-order chi connectivity index (χ0) is 11.6. The van der Waals surface area contributed by atoms with Gasteiger partial charge in [-0.25, -0.2) is 0 Å². The Bertz CT molecular complexity index is 138. The SMILES string of the molecule is CCCCC(CO)(CO)COCCCN. The predicted octanol–water partition coefficient (Wildman–Crippen LogP) is 0.513. The summed E-state index contributed by atoms with van der Waals surface area (Å²) >= 11 is 0. The van der Waals surface area contributed by atoms with Crippen LogP contribution in [0, 0.1) is 5.41 Å². The van der Waals surface area contributed by atoms with Crippen molar-refractivity contribution in [1.29, 1.82) is 0 Å². The van der Waals surface area contributed by atoms with E-state index in [4.69, 9.17) is 10.5 Å². The fraction of sp³-hybridized carbons (Fsp3) is 1.00. The third kappa shape index (κ3) is 6.10. The van der Waals surface area contributed by atoms with Crippen molar-refractivity contribution in [2.45, 2.75) is 32.6 Å². The van der Waals surface area contributed by atoms with Crippen LogP contribution in [0.15, 0.2) is 0 Å². The number of nitrogens with two attached hydrogens (primary N) is 1. The van der Waals surface area contributed by atoms with E-state index in [2.05, 4.69) is 6.92 Å². The molecule has 4 N–H and O–H groups in total. The van der Waals surface area contributed by atoms with Gasteiger partial charge in [-0.2, -0.15) is 0 Å². The Kier molecular flexibility index (Phi) is 9.00. The molecule has 0 rings (SSSR count). The molecule has 0 fully saturated rings. The molecular weight excluding hydrogens is 194 g/mol. The highest BCUT2D eigenvalue weighted by atomic mass is 16.5. The van der Waals surface area contributed by atoms with Crippen LogP contribution in [0.1, 0.15) is 32.6 Å². The number of hydrogen-bond donors (Lipinski definition) is 3. The molecule has 15 heavy (non-hydrogen) atoms. The minimum atomic E-state index is -0.468. The second-order valence-electron chi connectivity index (χ2n) is 4.11. The van der Waals surface area contributed by atoms with Crippen LogP contribution in [0.5, 0.6) is 0 Å². The predicted molar refractivity (Wildman–Crippen MR) is 60.6 cm³/mol. The maximum Gasteiger partial charge on any atom is 0.0566 e. The monoisotopic (exact) mass is 219 g/mol. The molecule has 0 aromatic carbocycles. The van der Waals surface area contributed by atoms with Crippen LogP contribution in [-0.2, 0) is 4.74 Å². The van der Waals surface area contributed by atoms with E-state index in [0.717, 1.165) is 25.7 Å². The normalized spacial score (nSPS) is 12.0. The van der Waals surface area contributed by atoms with Gasteiger partial charge in [0.15, 0.2) is 0 Å². The quantitative estimate of drug-likeness (QED) is 0.468. The molecule has 4 nitrogen and oxygen atoms in total. The second-order valence-corrected chi connectivity index (χ2v) is 4.11. The molecule has 0 aromatic rings. The lowest BCUT2D eigenvalue weighted by molar-refractivity contribution is -0.0339. The first-order valence-electron chi connectivity index (χ1n) is 5.74. The number of aliphatic hydroxyl groups is 2. The number of ether oxygens (including phenoxy) is 1. The van der Waals surface area contributed by atoms with Gasteiger partial charge in [0.2, 0.25) is 0 Å². The van der Waals surface area contributed by atoms with Gasteiger partial charge in [-0.15, -0.1) is 0 Å². The van der Waals surface area contributed by atoms with Crippen molar-refractivity contribution in [3.05, 3.63) is 0 Å². The highest BCUT2D eigenvalue weighted by molar-refractivity contribution is 4.77. The molecule has 0 aromatic heterocycles. The van der Waals surface area contributed by atoms with Crippen LogP contribution in [0.4, 0.5) is 0 Å². The van der Waals surface area contributed by atoms with Gasteiger partial charge < -0.3 is 20.7 Å². The highest BCUT2D eigenvalue weighted by Gasteiger charge is 2.28. The molecule has 0 atom stereocenters. The topological polar surface area (TPSA) is 75.7 Å². The van der Waals surface area contributed by atoms with E-state index >= 15 is 0 Å². The van der Waals surface area contributed by atoms with Gasteiger partial charge in [0.25, 0.3) is 0 Å². The summed E-state index contributed by atoms with van der Waals surface area (Å²) in [5, 5.41) is 18.6. The zero-order valence-corrected chi connectivity index (χ0v) is 9.74. The molecule has 0 aliphatic carbocycles. The third-order valence-corrected chi connectivity index (χ3v) is 2.63. The second kappa shape index (κ2) is 9.09. The summed E-state index contributed by atoms with van der Waals surface area (Å²) in [6.07, 6.45) is 3.69. The lowest BCUT2D eigenvalue weighted by Crippen LogP contribution is -2.35. The first kappa shape index (κ1) is 14.8. The maximum atomic E-state index is 9.30. The summed E-state index contributed by atoms with van der Waals surface area (Å²) in [6, 6.07) is 0. The van der Waals surface area contributed by atoms with Crippen molar-refractivity contribution in [2.24, 2.45) is 11.1 Å². The van der Waals surface area contributed by atoms with Gasteiger partial charge in [-0.3, -0.25) is 0 Å². The van der Waals surface area contributed by atoms with Gasteiger partial charge in [-0.05, 0) is 19.4 Å². The minimum Gasteiger partial charge on any atom is -0.396 e. The highest BCUT2D eigenvalue weighted by Crippen LogP contribution is 2.24. The molecular formula is C11H25NO3. The van der Waals surface area contributed by atoms with Crippen molar-refractivity contribution in [3.63, 3.8) is 0 Å². The summed E-state index contributed by atoms with van der Waals surface area (Å²) in [5.74, 6) is 0. The average Bonchev–Trinajstić information content (AvgIpc) is 2.29. The van der Waals surface area contributed by atoms with Crippen LogP contribution in [0.2, 0.25) is 0 Å². The summed E-state index contributed by atoms with van der Waals surface area (Å²) in [6.45, 7) is 3.68. The van der Waals surface area contributed by atoms with Crippen molar-refractivity contribution in [3.8, 4) is 0 Å².